The molecule has 3 aromatic rings. The quantitative estimate of drug-likeness (QED) is 0.496. The molecule has 2 aromatic heterocycles. The van der Waals surface area contributed by atoms with E-state index in [1.165, 1.54) is 23.6 Å². The van der Waals surface area contributed by atoms with Gasteiger partial charge in [0, 0.05) is 6.42 Å². The molecule has 0 aliphatic carbocycles. The highest BCUT2D eigenvalue weighted by Crippen LogP contribution is 2.30. The summed E-state index contributed by atoms with van der Waals surface area (Å²) in [6.45, 7) is 4.98. The Labute approximate surface area is 181 Å². The maximum Gasteiger partial charge on any atom is 0.335 e. The van der Waals surface area contributed by atoms with Crippen LogP contribution >= 0.6 is 22.9 Å². The van der Waals surface area contributed by atoms with Gasteiger partial charge in [-0.15, -0.1) is 11.3 Å². The van der Waals surface area contributed by atoms with Gasteiger partial charge in [0.2, 0.25) is 0 Å². The number of carbonyl (C=O) groups is 2. The van der Waals surface area contributed by atoms with Gasteiger partial charge in [0.1, 0.15) is 15.6 Å². The normalized spacial score (nSPS) is 11.5. The Balaban J connectivity index is 1.91. The lowest BCUT2D eigenvalue weighted by atomic mass is 9.95. The van der Waals surface area contributed by atoms with Gasteiger partial charge in [-0.1, -0.05) is 16.8 Å². The number of nitrogens with one attached hydrogen (secondary N) is 1. The zero-order valence-electron chi connectivity index (χ0n) is 16.1. The zero-order valence-corrected chi connectivity index (χ0v) is 18.5. The lowest BCUT2D eigenvalue weighted by molar-refractivity contribution is 0.0696. The number of hydrogen-bond donors (Lipinski definition) is 2. The van der Waals surface area contributed by atoms with Crippen molar-refractivity contribution >= 4 is 50.6 Å². The summed E-state index contributed by atoms with van der Waals surface area (Å²) in [6, 6.07) is 4.30. The van der Waals surface area contributed by atoms with Crippen molar-refractivity contribution in [3.8, 4) is 0 Å². The van der Waals surface area contributed by atoms with E-state index in [1.54, 1.807) is 20.8 Å². The number of aryl methyl sites for hydroxylation is 3. The number of benzene rings is 1. The molecular weight excluding hydrogens is 452 g/mol. The molecule has 0 bridgehead atoms. The van der Waals surface area contributed by atoms with E-state index in [9.17, 15) is 18.0 Å². The van der Waals surface area contributed by atoms with Crippen molar-refractivity contribution in [1.29, 1.82) is 0 Å². The lowest BCUT2D eigenvalue weighted by Crippen LogP contribution is -2.16. The molecule has 0 unspecified atom stereocenters. The second-order valence-corrected chi connectivity index (χ2v) is 9.57. The fourth-order valence-electron chi connectivity index (χ4n) is 2.95. The predicted octanol–water partition coefficient (Wildman–Crippen LogP) is 4.24. The van der Waals surface area contributed by atoms with Crippen LogP contribution in [-0.4, -0.2) is 30.4 Å². The molecule has 0 atom stereocenters. The third kappa shape index (κ3) is 4.25. The Morgan fingerprint density at radius 3 is 2.40 bits per heavy atom. The Kier molecular flexibility index (Phi) is 6.02. The minimum absolute atomic E-state index is 0.0338. The first kappa shape index (κ1) is 22.0. The van der Waals surface area contributed by atoms with E-state index in [2.05, 4.69) is 9.88 Å². The van der Waals surface area contributed by atoms with Gasteiger partial charge in [-0.3, -0.25) is 4.79 Å². The van der Waals surface area contributed by atoms with E-state index in [0.29, 0.717) is 22.4 Å². The molecule has 0 spiro atoms. The van der Waals surface area contributed by atoms with Gasteiger partial charge < -0.3 is 9.63 Å². The van der Waals surface area contributed by atoms with Crippen LogP contribution in [-0.2, 0) is 16.4 Å². The Morgan fingerprint density at radius 1 is 1.23 bits per heavy atom. The molecule has 1 aromatic carbocycles. The SMILES string of the molecule is Cc1cc(C(=O)O)cc(C)c1CC(=O)c1sccc1S(=O)(=O)Nc1onc(C)c1Cl. The number of anilines is 1. The molecule has 2 heterocycles. The molecule has 0 saturated carbocycles. The van der Waals surface area contributed by atoms with Gasteiger partial charge in [0.25, 0.3) is 15.9 Å². The monoisotopic (exact) mass is 468 g/mol. The number of hydrogen-bond acceptors (Lipinski definition) is 7. The van der Waals surface area contributed by atoms with Crippen molar-refractivity contribution < 1.29 is 27.6 Å². The maximum absolute atomic E-state index is 12.9. The van der Waals surface area contributed by atoms with Gasteiger partial charge in [0.15, 0.2) is 5.78 Å². The van der Waals surface area contributed by atoms with Crippen LogP contribution in [0.4, 0.5) is 5.88 Å². The summed E-state index contributed by atoms with van der Waals surface area (Å²) in [5.74, 6) is -1.69. The van der Waals surface area contributed by atoms with Crippen LogP contribution in [0, 0.1) is 20.8 Å². The first-order chi connectivity index (χ1) is 14.0. The fraction of sp³-hybridized carbons (Fsp3) is 0.211. The fourth-order valence-corrected chi connectivity index (χ4v) is 5.51. The highest BCUT2D eigenvalue weighted by Gasteiger charge is 2.27. The number of halogens is 1. The Morgan fingerprint density at radius 2 is 1.87 bits per heavy atom. The summed E-state index contributed by atoms with van der Waals surface area (Å²) in [6.07, 6.45) is -0.0667. The molecular formula is C19H17ClN2O6S2. The molecule has 0 saturated heterocycles. The van der Waals surface area contributed by atoms with E-state index >= 15 is 0 Å². The molecule has 0 aliphatic heterocycles. The summed E-state index contributed by atoms with van der Waals surface area (Å²) >= 11 is 6.97. The molecule has 158 valence electrons. The Hall–Kier alpha value is -2.69. The summed E-state index contributed by atoms with van der Waals surface area (Å²) in [4.78, 5) is 24.0. The summed E-state index contributed by atoms with van der Waals surface area (Å²) in [7, 11) is -4.14. The average Bonchev–Trinajstić information content (AvgIpc) is 3.27. The van der Waals surface area contributed by atoms with E-state index in [1.807, 2.05) is 0 Å². The number of rotatable bonds is 7. The summed E-state index contributed by atoms with van der Waals surface area (Å²) < 4.78 is 32.7. The van der Waals surface area contributed by atoms with Crippen molar-refractivity contribution in [1.82, 2.24) is 5.16 Å². The first-order valence-electron chi connectivity index (χ1n) is 8.60. The molecule has 11 heteroatoms. The zero-order chi connectivity index (χ0) is 22.2. The Bertz CT molecular complexity index is 1240. The molecule has 0 aliphatic rings. The number of aromatic nitrogens is 1. The van der Waals surface area contributed by atoms with Crippen molar-refractivity contribution in [3.63, 3.8) is 0 Å². The summed E-state index contributed by atoms with van der Waals surface area (Å²) in [5, 5.41) is 14.3. The molecule has 8 nitrogen and oxygen atoms in total. The predicted molar refractivity (Wildman–Crippen MR) is 112 cm³/mol. The third-order valence-corrected chi connectivity index (χ3v) is 7.37. The summed E-state index contributed by atoms with van der Waals surface area (Å²) in [5.41, 5.74) is 2.40. The van der Waals surface area contributed by atoms with Crippen LogP contribution in [0.2, 0.25) is 5.02 Å². The minimum Gasteiger partial charge on any atom is -0.478 e. The number of sulfonamides is 1. The van der Waals surface area contributed by atoms with Gasteiger partial charge in [-0.2, -0.15) is 0 Å². The third-order valence-electron chi connectivity index (χ3n) is 4.47. The van der Waals surface area contributed by atoms with Crippen LogP contribution in [0.3, 0.4) is 0 Å². The number of thiophene rings is 1. The molecule has 30 heavy (non-hydrogen) atoms. The topological polar surface area (TPSA) is 127 Å². The highest BCUT2D eigenvalue weighted by atomic mass is 35.5. The van der Waals surface area contributed by atoms with Gasteiger partial charge in [0.05, 0.1) is 10.4 Å². The largest absolute Gasteiger partial charge is 0.478 e. The average molecular weight is 469 g/mol. The smallest absolute Gasteiger partial charge is 0.335 e. The van der Waals surface area contributed by atoms with Crippen molar-refractivity contribution in [2.75, 3.05) is 4.72 Å². The molecule has 0 fully saturated rings. The van der Waals surface area contributed by atoms with Crippen molar-refractivity contribution in [2.24, 2.45) is 0 Å². The van der Waals surface area contributed by atoms with E-state index < -0.39 is 21.8 Å². The molecule has 2 N–H and O–H groups in total. The van der Waals surface area contributed by atoms with Crippen molar-refractivity contribution in [2.45, 2.75) is 32.1 Å². The minimum atomic E-state index is -4.14. The standard InChI is InChI=1S/C19H17ClN2O6S2/c1-9-6-12(19(24)25)7-10(2)13(9)8-14(23)17-15(4-5-29-17)30(26,27)22-18-16(20)11(3)21-28-18/h4-7,22H,8H2,1-3H3,(H,24,25). The number of Topliss-reactive ketones (excluding diaryl/α,β-unsaturated/α-hetero) is 1. The number of ketones is 1. The second kappa shape index (κ2) is 8.21. The number of nitrogens with zero attached hydrogens (tertiary/aromatic N) is 1. The molecule has 0 radical (unpaired) electrons. The molecule has 3 rings (SSSR count). The van der Waals surface area contributed by atoms with Crippen LogP contribution in [0.25, 0.3) is 0 Å². The first-order valence-corrected chi connectivity index (χ1v) is 11.3. The van der Waals surface area contributed by atoms with E-state index in [0.717, 1.165) is 11.3 Å². The van der Waals surface area contributed by atoms with Crippen LogP contribution in [0.5, 0.6) is 0 Å². The van der Waals surface area contributed by atoms with Crippen LogP contribution in [0.1, 0.15) is 42.4 Å². The van der Waals surface area contributed by atoms with Gasteiger partial charge >= 0.3 is 5.97 Å². The van der Waals surface area contributed by atoms with Crippen LogP contribution < -0.4 is 4.72 Å². The second-order valence-electron chi connectivity index (χ2n) is 6.62. The van der Waals surface area contributed by atoms with Crippen LogP contribution in [0.15, 0.2) is 33.0 Å². The number of carboxylic acid groups (broad SMARTS) is 1. The number of aromatic carboxylic acids is 1. The lowest BCUT2D eigenvalue weighted by Gasteiger charge is -2.11. The van der Waals surface area contributed by atoms with Gasteiger partial charge in [-0.25, -0.2) is 17.9 Å². The maximum atomic E-state index is 12.9. The molecule has 0 amide bonds. The van der Waals surface area contributed by atoms with Gasteiger partial charge in [-0.05, 0) is 61.0 Å². The highest BCUT2D eigenvalue weighted by molar-refractivity contribution is 7.93. The van der Waals surface area contributed by atoms with E-state index in [-0.39, 0.29) is 32.7 Å². The number of carboxylic acids is 1. The van der Waals surface area contributed by atoms with E-state index in [4.69, 9.17) is 21.2 Å². The number of carbonyl (C=O) groups excluding carboxylic acids is 1. The van der Waals surface area contributed by atoms with Crippen molar-refractivity contribution in [3.05, 3.63) is 61.4 Å².